The second-order valence-electron chi connectivity index (χ2n) is 6.38. The highest BCUT2D eigenvalue weighted by Crippen LogP contribution is 2.36. The van der Waals surface area contributed by atoms with Crippen LogP contribution in [0.5, 0.6) is 0 Å². The number of anilines is 1. The molecule has 1 aliphatic heterocycles. The van der Waals surface area contributed by atoms with Crippen LogP contribution in [0, 0.1) is 10.1 Å². The number of carbonyl (C=O) groups excluding carboxylic acids is 1. The van der Waals surface area contributed by atoms with Crippen molar-refractivity contribution in [3.63, 3.8) is 0 Å². The highest BCUT2D eigenvalue weighted by Gasteiger charge is 2.31. The van der Waals surface area contributed by atoms with Crippen molar-refractivity contribution in [1.29, 1.82) is 0 Å². The molecule has 1 atom stereocenters. The van der Waals surface area contributed by atoms with Gasteiger partial charge in [-0.2, -0.15) is 0 Å². The Bertz CT molecular complexity index is 836. The lowest BCUT2D eigenvalue weighted by Crippen LogP contribution is -2.39. The first kappa shape index (κ1) is 19.3. The van der Waals surface area contributed by atoms with Crippen molar-refractivity contribution in [1.82, 2.24) is 4.90 Å². The van der Waals surface area contributed by atoms with E-state index in [9.17, 15) is 14.9 Å². The number of benzene rings is 1. The Hall–Kier alpha value is -2.45. The number of nitrogens with zero attached hydrogens (tertiary/aromatic N) is 2. The van der Waals surface area contributed by atoms with Crippen LogP contribution in [0.2, 0.25) is 0 Å². The van der Waals surface area contributed by atoms with Crippen LogP contribution in [-0.2, 0) is 11.2 Å². The van der Waals surface area contributed by atoms with Crippen LogP contribution in [0.25, 0.3) is 0 Å². The van der Waals surface area contributed by atoms with Crippen molar-refractivity contribution in [2.75, 3.05) is 32.1 Å². The smallest absolute Gasteiger partial charge is 0.293 e. The molecule has 1 aromatic heterocycles. The van der Waals surface area contributed by atoms with Crippen LogP contribution in [-0.4, -0.2) is 42.5 Å². The molecular formula is C19H23N3O4S. The van der Waals surface area contributed by atoms with E-state index in [0.717, 1.165) is 12.8 Å². The fourth-order valence-electron chi connectivity index (χ4n) is 3.50. The number of nitro groups is 1. The third kappa shape index (κ3) is 3.96. The van der Waals surface area contributed by atoms with E-state index >= 15 is 0 Å². The Morgan fingerprint density at radius 1 is 1.44 bits per heavy atom. The summed E-state index contributed by atoms with van der Waals surface area (Å²) < 4.78 is 4.96. The van der Waals surface area contributed by atoms with Crippen molar-refractivity contribution in [3.05, 3.63) is 55.8 Å². The molecule has 8 heteroatoms. The molecular weight excluding hydrogens is 366 g/mol. The molecule has 1 aromatic carbocycles. The second kappa shape index (κ2) is 8.49. The quantitative estimate of drug-likeness (QED) is 0.441. The Morgan fingerprint density at radius 3 is 2.96 bits per heavy atom. The van der Waals surface area contributed by atoms with Gasteiger partial charge in [0.1, 0.15) is 5.69 Å². The van der Waals surface area contributed by atoms with Gasteiger partial charge in [0.15, 0.2) is 0 Å². The van der Waals surface area contributed by atoms with Gasteiger partial charge in [-0.1, -0.05) is 6.92 Å². The molecule has 0 saturated carbocycles. The summed E-state index contributed by atoms with van der Waals surface area (Å²) in [5, 5.41) is 16.5. The number of thiophene rings is 1. The molecule has 2 heterocycles. The van der Waals surface area contributed by atoms with E-state index in [0.29, 0.717) is 30.9 Å². The summed E-state index contributed by atoms with van der Waals surface area (Å²) in [5.74, 6) is -0.162. The number of amides is 1. The Morgan fingerprint density at radius 2 is 2.26 bits per heavy atom. The van der Waals surface area contributed by atoms with Gasteiger partial charge in [-0.25, -0.2) is 0 Å². The molecule has 0 spiro atoms. The van der Waals surface area contributed by atoms with Crippen LogP contribution in [0.3, 0.4) is 0 Å². The highest BCUT2D eigenvalue weighted by molar-refractivity contribution is 7.10. The molecule has 2 aromatic rings. The largest absolute Gasteiger partial charge is 0.383 e. The van der Waals surface area contributed by atoms with Gasteiger partial charge in [-0.05, 0) is 42.0 Å². The van der Waals surface area contributed by atoms with Gasteiger partial charge in [0.2, 0.25) is 0 Å². The lowest BCUT2D eigenvalue weighted by Gasteiger charge is -2.35. The SMILES string of the molecule is CC[C@@H]1c2ccsc2CCN1C(=O)c1ccc(NCCOC)c([N+](=O)[O-])c1. The van der Waals surface area contributed by atoms with Crippen LogP contribution in [0.4, 0.5) is 11.4 Å². The second-order valence-corrected chi connectivity index (χ2v) is 7.38. The lowest BCUT2D eigenvalue weighted by atomic mass is 9.96. The average Bonchev–Trinajstić information content (AvgIpc) is 3.15. The van der Waals surface area contributed by atoms with E-state index in [4.69, 9.17) is 4.74 Å². The van der Waals surface area contributed by atoms with Crippen LogP contribution >= 0.6 is 11.3 Å². The topological polar surface area (TPSA) is 84.7 Å². The minimum Gasteiger partial charge on any atom is -0.383 e. The van der Waals surface area contributed by atoms with Gasteiger partial charge in [0.25, 0.3) is 11.6 Å². The first-order chi connectivity index (χ1) is 13.1. The molecule has 3 rings (SSSR count). The van der Waals surface area contributed by atoms with Gasteiger partial charge in [-0.3, -0.25) is 14.9 Å². The maximum Gasteiger partial charge on any atom is 0.293 e. The van der Waals surface area contributed by atoms with Crippen LogP contribution in [0.15, 0.2) is 29.6 Å². The Balaban J connectivity index is 1.86. The van der Waals surface area contributed by atoms with Gasteiger partial charge in [0, 0.05) is 36.7 Å². The van der Waals surface area contributed by atoms with Gasteiger partial charge in [-0.15, -0.1) is 11.3 Å². The summed E-state index contributed by atoms with van der Waals surface area (Å²) in [4.78, 5) is 27.3. The minimum atomic E-state index is -0.462. The monoisotopic (exact) mass is 389 g/mol. The van der Waals surface area contributed by atoms with E-state index in [1.807, 2.05) is 4.90 Å². The highest BCUT2D eigenvalue weighted by atomic mass is 32.1. The number of methoxy groups -OCH3 is 1. The third-order valence-electron chi connectivity index (χ3n) is 4.81. The molecule has 0 saturated heterocycles. The van der Waals surface area contributed by atoms with Crippen molar-refractivity contribution < 1.29 is 14.5 Å². The van der Waals surface area contributed by atoms with Crippen molar-refractivity contribution in [2.45, 2.75) is 25.8 Å². The van der Waals surface area contributed by atoms with Crippen molar-refractivity contribution in [3.8, 4) is 0 Å². The molecule has 1 N–H and O–H groups in total. The predicted octanol–water partition coefficient (Wildman–Crippen LogP) is 3.86. The molecule has 1 amide bonds. The molecule has 1 aliphatic rings. The zero-order chi connectivity index (χ0) is 19.4. The fraction of sp³-hybridized carbons (Fsp3) is 0.421. The number of nitro benzene ring substituents is 1. The van der Waals surface area contributed by atoms with Crippen molar-refractivity contribution >= 4 is 28.6 Å². The van der Waals surface area contributed by atoms with Gasteiger partial charge >= 0.3 is 0 Å². The molecule has 0 bridgehead atoms. The van der Waals surface area contributed by atoms with Gasteiger partial charge in [0.05, 0.1) is 17.6 Å². The number of hydrogen-bond acceptors (Lipinski definition) is 6. The van der Waals surface area contributed by atoms with E-state index < -0.39 is 4.92 Å². The molecule has 0 radical (unpaired) electrons. The fourth-order valence-corrected chi connectivity index (χ4v) is 4.43. The summed E-state index contributed by atoms with van der Waals surface area (Å²) in [6.45, 7) is 3.58. The first-order valence-corrected chi connectivity index (χ1v) is 9.83. The summed E-state index contributed by atoms with van der Waals surface area (Å²) >= 11 is 1.73. The maximum absolute atomic E-state index is 13.1. The van der Waals surface area contributed by atoms with Crippen LogP contribution < -0.4 is 5.32 Å². The summed E-state index contributed by atoms with van der Waals surface area (Å²) in [6.07, 6.45) is 1.64. The van der Waals surface area contributed by atoms with E-state index in [1.54, 1.807) is 30.6 Å². The number of carbonyl (C=O) groups is 1. The van der Waals surface area contributed by atoms with E-state index in [2.05, 4.69) is 23.7 Å². The summed E-state index contributed by atoms with van der Waals surface area (Å²) in [5.41, 5.74) is 1.84. The number of ether oxygens (including phenoxy) is 1. The molecule has 144 valence electrons. The lowest BCUT2D eigenvalue weighted by molar-refractivity contribution is -0.384. The average molecular weight is 389 g/mol. The van der Waals surface area contributed by atoms with Crippen LogP contribution in [0.1, 0.15) is 40.2 Å². The van der Waals surface area contributed by atoms with E-state index in [-0.39, 0.29) is 17.6 Å². The predicted molar refractivity (Wildman–Crippen MR) is 106 cm³/mol. The molecule has 0 unspecified atom stereocenters. The third-order valence-corrected chi connectivity index (χ3v) is 5.80. The standard InChI is InChI=1S/C19H23N3O4S/c1-3-16-14-7-11-27-18(14)6-9-21(16)19(23)13-4-5-15(20-8-10-26-2)17(12-13)22(24)25/h4-5,7,11-12,16,20H,3,6,8-10H2,1-2H3/t16-/m1/s1. The molecule has 0 aliphatic carbocycles. The molecule has 27 heavy (non-hydrogen) atoms. The Labute approximate surface area is 162 Å². The zero-order valence-electron chi connectivity index (χ0n) is 15.4. The molecule has 0 fully saturated rings. The van der Waals surface area contributed by atoms with E-state index in [1.165, 1.54) is 16.5 Å². The molecule has 7 nitrogen and oxygen atoms in total. The normalized spacial score (nSPS) is 16.1. The minimum absolute atomic E-state index is 0.0195. The first-order valence-electron chi connectivity index (χ1n) is 8.95. The van der Waals surface area contributed by atoms with Gasteiger partial charge < -0.3 is 15.0 Å². The summed E-state index contributed by atoms with van der Waals surface area (Å²) in [6, 6.07) is 6.72. The number of rotatable bonds is 7. The van der Waals surface area contributed by atoms with Crippen molar-refractivity contribution in [2.24, 2.45) is 0 Å². The maximum atomic E-state index is 13.1. The zero-order valence-corrected chi connectivity index (χ0v) is 16.3. The number of fused-ring (bicyclic) bond motifs is 1. The number of hydrogen-bond donors (Lipinski definition) is 1. The Kier molecular flexibility index (Phi) is 6.08. The summed E-state index contributed by atoms with van der Waals surface area (Å²) in [7, 11) is 1.57. The number of nitrogens with one attached hydrogen (secondary N) is 1.